The molecule has 1 aromatic heterocycles. The van der Waals surface area contributed by atoms with E-state index in [1.807, 2.05) is 12.1 Å². The lowest BCUT2D eigenvalue weighted by Gasteiger charge is -2.22. The molecule has 1 amide bonds. The maximum atomic E-state index is 14.0. The van der Waals surface area contributed by atoms with Crippen molar-refractivity contribution in [3.63, 3.8) is 0 Å². The number of likely N-dealkylation sites (tertiary alicyclic amines) is 1. The molecule has 1 N–H and O–H groups in total. The molecule has 1 unspecified atom stereocenters. The maximum Gasteiger partial charge on any atom is 0.276 e. The number of nitrogens with one attached hydrogen (secondary N) is 1. The van der Waals surface area contributed by atoms with Crippen molar-refractivity contribution in [2.45, 2.75) is 31.1 Å². The lowest BCUT2D eigenvalue weighted by Crippen LogP contribution is -2.31. The van der Waals surface area contributed by atoms with Gasteiger partial charge in [0.1, 0.15) is 11.6 Å². The highest BCUT2D eigenvalue weighted by molar-refractivity contribution is 5.93. The van der Waals surface area contributed by atoms with Crippen LogP contribution in [-0.4, -0.2) is 42.0 Å². The minimum absolute atomic E-state index is 0.0411. The van der Waals surface area contributed by atoms with Crippen molar-refractivity contribution in [2.75, 3.05) is 26.2 Å². The Labute approximate surface area is 146 Å². The van der Waals surface area contributed by atoms with Crippen LogP contribution in [0.25, 0.3) is 0 Å². The third kappa shape index (κ3) is 3.18. The molecule has 2 aliphatic heterocycles. The molecule has 25 heavy (non-hydrogen) atoms. The van der Waals surface area contributed by atoms with Crippen LogP contribution >= 0.6 is 0 Å². The van der Waals surface area contributed by atoms with E-state index in [0.717, 1.165) is 32.4 Å². The second kappa shape index (κ2) is 6.96. The Hall–Kier alpha value is -2.21. The van der Waals surface area contributed by atoms with Crippen LogP contribution in [0, 0.1) is 5.82 Å². The highest BCUT2D eigenvalue weighted by Crippen LogP contribution is 2.32. The summed E-state index contributed by atoms with van der Waals surface area (Å²) in [6, 6.07) is 6.82. The Bertz CT molecular complexity index is 755. The molecule has 2 aliphatic rings. The molecular weight excluding hydrogens is 321 g/mol. The Morgan fingerprint density at radius 2 is 2.00 bits per heavy atom. The van der Waals surface area contributed by atoms with Gasteiger partial charge in [-0.25, -0.2) is 9.37 Å². The van der Waals surface area contributed by atoms with Crippen LogP contribution in [0.3, 0.4) is 0 Å². The first-order valence-corrected chi connectivity index (χ1v) is 8.92. The lowest BCUT2D eigenvalue weighted by molar-refractivity contribution is 0.0782. The van der Waals surface area contributed by atoms with Gasteiger partial charge < -0.3 is 14.6 Å². The van der Waals surface area contributed by atoms with Crippen molar-refractivity contribution in [1.29, 1.82) is 0 Å². The van der Waals surface area contributed by atoms with Crippen molar-refractivity contribution in [3.05, 3.63) is 53.5 Å². The van der Waals surface area contributed by atoms with E-state index < -0.39 is 0 Å². The summed E-state index contributed by atoms with van der Waals surface area (Å²) in [4.78, 5) is 18.9. The number of piperidine rings is 1. The first-order valence-electron chi connectivity index (χ1n) is 8.92. The van der Waals surface area contributed by atoms with E-state index in [1.54, 1.807) is 11.0 Å². The van der Waals surface area contributed by atoms with Crippen molar-refractivity contribution in [2.24, 2.45) is 0 Å². The van der Waals surface area contributed by atoms with Gasteiger partial charge in [-0.3, -0.25) is 4.79 Å². The number of amides is 1. The fraction of sp³-hybridized carbons (Fsp3) is 0.474. The predicted molar refractivity (Wildman–Crippen MR) is 91.0 cm³/mol. The Balaban J connectivity index is 1.49. The molecule has 0 saturated carbocycles. The van der Waals surface area contributed by atoms with Gasteiger partial charge in [-0.2, -0.15) is 0 Å². The van der Waals surface area contributed by atoms with Crippen molar-refractivity contribution >= 4 is 5.91 Å². The average molecular weight is 343 g/mol. The standard InChI is InChI=1S/C19H22FN3O2/c20-16-4-2-1-3-15(16)14-7-10-23(11-14)19(24)17-18(25-12-22-17)13-5-8-21-9-6-13/h1-4,12-14,21H,5-11H2. The minimum Gasteiger partial charge on any atom is -0.447 e. The van der Waals surface area contributed by atoms with E-state index in [2.05, 4.69) is 10.3 Å². The molecule has 132 valence electrons. The van der Waals surface area contributed by atoms with Gasteiger partial charge in [-0.1, -0.05) is 18.2 Å². The highest BCUT2D eigenvalue weighted by atomic mass is 19.1. The summed E-state index contributed by atoms with van der Waals surface area (Å²) in [6.07, 6.45) is 4.04. The molecule has 1 atom stereocenters. The van der Waals surface area contributed by atoms with Gasteiger partial charge in [0.15, 0.2) is 12.1 Å². The number of carbonyl (C=O) groups is 1. The highest BCUT2D eigenvalue weighted by Gasteiger charge is 2.33. The molecule has 4 rings (SSSR count). The number of carbonyl (C=O) groups excluding carboxylic acids is 1. The Morgan fingerprint density at radius 1 is 1.20 bits per heavy atom. The lowest BCUT2D eigenvalue weighted by atomic mass is 9.94. The van der Waals surface area contributed by atoms with Crippen molar-refractivity contribution in [1.82, 2.24) is 15.2 Å². The maximum absolute atomic E-state index is 14.0. The zero-order chi connectivity index (χ0) is 17.2. The molecule has 2 saturated heterocycles. The minimum atomic E-state index is -0.196. The largest absolute Gasteiger partial charge is 0.447 e. The van der Waals surface area contributed by atoms with Crippen LogP contribution in [0.1, 0.15) is 52.9 Å². The molecule has 0 radical (unpaired) electrons. The van der Waals surface area contributed by atoms with E-state index in [1.165, 1.54) is 12.5 Å². The topological polar surface area (TPSA) is 58.4 Å². The van der Waals surface area contributed by atoms with Crippen LogP contribution in [-0.2, 0) is 0 Å². The summed E-state index contributed by atoms with van der Waals surface area (Å²) in [6.45, 7) is 3.00. The van der Waals surface area contributed by atoms with E-state index in [0.29, 0.717) is 30.1 Å². The SMILES string of the molecule is O=C(c1ncoc1C1CCNCC1)N1CCC(c2ccccc2F)C1. The molecule has 3 heterocycles. The molecule has 2 fully saturated rings. The zero-order valence-corrected chi connectivity index (χ0v) is 14.1. The number of aromatic nitrogens is 1. The van der Waals surface area contributed by atoms with Gasteiger partial charge in [-0.15, -0.1) is 0 Å². The summed E-state index contributed by atoms with van der Waals surface area (Å²) in [7, 11) is 0. The number of halogens is 1. The van der Waals surface area contributed by atoms with Crippen LogP contribution in [0.4, 0.5) is 4.39 Å². The molecule has 0 spiro atoms. The normalized spacial score (nSPS) is 21.6. The fourth-order valence-electron chi connectivity index (χ4n) is 3.94. The second-order valence-electron chi connectivity index (χ2n) is 6.85. The van der Waals surface area contributed by atoms with Gasteiger partial charge in [-0.05, 0) is 44.0 Å². The zero-order valence-electron chi connectivity index (χ0n) is 14.1. The number of hydrogen-bond donors (Lipinski definition) is 1. The Morgan fingerprint density at radius 3 is 2.80 bits per heavy atom. The van der Waals surface area contributed by atoms with Gasteiger partial charge >= 0.3 is 0 Å². The average Bonchev–Trinajstić information content (AvgIpc) is 3.32. The second-order valence-corrected chi connectivity index (χ2v) is 6.85. The van der Waals surface area contributed by atoms with Gasteiger partial charge in [0, 0.05) is 24.9 Å². The molecule has 0 bridgehead atoms. The third-order valence-electron chi connectivity index (χ3n) is 5.33. The number of nitrogens with zero attached hydrogens (tertiary/aromatic N) is 2. The summed E-state index contributed by atoms with van der Waals surface area (Å²) < 4.78 is 19.6. The first-order chi connectivity index (χ1) is 12.2. The van der Waals surface area contributed by atoms with E-state index in [4.69, 9.17) is 4.42 Å². The molecule has 5 nitrogen and oxygen atoms in total. The number of oxazole rings is 1. The quantitative estimate of drug-likeness (QED) is 0.931. The summed E-state index contributed by atoms with van der Waals surface area (Å²) >= 11 is 0. The number of hydrogen-bond acceptors (Lipinski definition) is 4. The molecule has 1 aromatic carbocycles. The van der Waals surface area contributed by atoms with Gasteiger partial charge in [0.2, 0.25) is 0 Å². The van der Waals surface area contributed by atoms with E-state index in [-0.39, 0.29) is 23.6 Å². The predicted octanol–water partition coefficient (Wildman–Crippen LogP) is 2.91. The van der Waals surface area contributed by atoms with E-state index in [9.17, 15) is 9.18 Å². The Kier molecular flexibility index (Phi) is 4.53. The monoisotopic (exact) mass is 343 g/mol. The van der Waals surface area contributed by atoms with Crippen LogP contribution in [0.15, 0.2) is 35.1 Å². The fourth-order valence-corrected chi connectivity index (χ4v) is 3.94. The van der Waals surface area contributed by atoms with Crippen LogP contribution < -0.4 is 5.32 Å². The molecule has 2 aromatic rings. The van der Waals surface area contributed by atoms with Gasteiger partial charge in [0.25, 0.3) is 5.91 Å². The van der Waals surface area contributed by atoms with Gasteiger partial charge in [0.05, 0.1) is 0 Å². The first kappa shape index (κ1) is 16.3. The van der Waals surface area contributed by atoms with E-state index >= 15 is 0 Å². The summed E-state index contributed by atoms with van der Waals surface area (Å²) in [5, 5.41) is 3.32. The van der Waals surface area contributed by atoms with Crippen molar-refractivity contribution < 1.29 is 13.6 Å². The van der Waals surface area contributed by atoms with Crippen molar-refractivity contribution in [3.8, 4) is 0 Å². The smallest absolute Gasteiger partial charge is 0.276 e. The molecule has 0 aliphatic carbocycles. The molecular formula is C19H22FN3O2. The number of rotatable bonds is 3. The van der Waals surface area contributed by atoms with Crippen LogP contribution in [0.2, 0.25) is 0 Å². The number of benzene rings is 1. The summed E-state index contributed by atoms with van der Waals surface area (Å²) in [5.41, 5.74) is 1.12. The summed E-state index contributed by atoms with van der Waals surface area (Å²) in [5.74, 6) is 0.702. The third-order valence-corrected chi connectivity index (χ3v) is 5.33. The molecule has 6 heteroatoms. The van der Waals surface area contributed by atoms with Crippen LogP contribution in [0.5, 0.6) is 0 Å².